The van der Waals surface area contributed by atoms with Crippen molar-refractivity contribution in [3.8, 4) is 11.4 Å². The van der Waals surface area contributed by atoms with Crippen LogP contribution in [-0.4, -0.2) is 71.6 Å². The van der Waals surface area contributed by atoms with Crippen LogP contribution in [-0.2, 0) is 14.8 Å². The number of nitrogens with one attached hydrogen (secondary N) is 2. The van der Waals surface area contributed by atoms with Gasteiger partial charge in [0.05, 0.1) is 23.0 Å². The Balaban J connectivity index is 1.38. The molecule has 2 N–H and O–H groups in total. The molecule has 186 valence electrons. The van der Waals surface area contributed by atoms with E-state index in [1.54, 1.807) is 30.5 Å². The van der Waals surface area contributed by atoms with Crippen molar-refractivity contribution in [2.45, 2.75) is 30.7 Å². The average molecular weight is 502 g/mol. The summed E-state index contributed by atoms with van der Waals surface area (Å²) >= 11 is 0. The Bertz CT molecular complexity index is 1280. The lowest BCUT2D eigenvalue weighted by Gasteiger charge is -2.26. The number of ether oxygens (including phenoxy) is 1. The minimum Gasteiger partial charge on any atom is -0.381 e. The van der Waals surface area contributed by atoms with Gasteiger partial charge in [0.15, 0.2) is 5.82 Å². The van der Waals surface area contributed by atoms with Crippen molar-refractivity contribution in [3.05, 3.63) is 48.3 Å². The van der Waals surface area contributed by atoms with Crippen LogP contribution in [0.25, 0.3) is 11.4 Å². The minimum absolute atomic E-state index is 0.160. The van der Waals surface area contributed by atoms with E-state index in [1.807, 2.05) is 11.5 Å². The number of hydrogen-bond donors (Lipinski definition) is 2. The van der Waals surface area contributed by atoms with Crippen molar-refractivity contribution in [1.82, 2.24) is 29.1 Å². The number of sulfonamides is 1. The van der Waals surface area contributed by atoms with Gasteiger partial charge in [-0.25, -0.2) is 27.8 Å². The van der Waals surface area contributed by atoms with Crippen molar-refractivity contribution in [2.24, 2.45) is 0 Å². The quantitative estimate of drug-likeness (QED) is 0.530. The van der Waals surface area contributed by atoms with Gasteiger partial charge < -0.3 is 19.9 Å². The Morgan fingerprint density at radius 2 is 1.80 bits per heavy atom. The molecule has 3 aromatic rings. The maximum absolute atomic E-state index is 14.8. The van der Waals surface area contributed by atoms with Crippen molar-refractivity contribution >= 4 is 21.7 Å². The highest BCUT2D eigenvalue weighted by Gasteiger charge is 2.26. The highest BCUT2D eigenvalue weighted by molar-refractivity contribution is 7.89. The van der Waals surface area contributed by atoms with Crippen molar-refractivity contribution in [1.29, 1.82) is 0 Å². The number of anilines is 2. The molecular formula is C23H28FN7O3S. The summed E-state index contributed by atoms with van der Waals surface area (Å²) < 4.78 is 49.5. The topological polar surface area (TPSA) is 114 Å². The third kappa shape index (κ3) is 4.92. The molecule has 35 heavy (non-hydrogen) atoms. The van der Waals surface area contributed by atoms with Crippen LogP contribution in [0.15, 0.2) is 41.6 Å². The van der Waals surface area contributed by atoms with Gasteiger partial charge in [0.1, 0.15) is 11.5 Å². The van der Waals surface area contributed by atoms with Crippen molar-refractivity contribution < 1.29 is 17.5 Å². The Kier molecular flexibility index (Phi) is 6.78. The van der Waals surface area contributed by atoms with Gasteiger partial charge in [-0.05, 0) is 44.0 Å². The summed E-state index contributed by atoms with van der Waals surface area (Å²) in [6, 6.07) is 6.56. The second kappa shape index (κ2) is 9.97. The van der Waals surface area contributed by atoms with E-state index in [-0.39, 0.29) is 22.6 Å². The van der Waals surface area contributed by atoms with E-state index >= 15 is 0 Å². The highest BCUT2D eigenvalue weighted by Crippen LogP contribution is 2.31. The van der Waals surface area contributed by atoms with Crippen LogP contribution >= 0.6 is 0 Å². The van der Waals surface area contributed by atoms with Gasteiger partial charge in [-0.3, -0.25) is 0 Å². The molecule has 2 aliphatic heterocycles. The number of aromatic nitrogens is 4. The SMILES string of the molecule is Cc1ncc(-c2nc(Nc3ccc(S(=O)(=O)N4CCNCC4)cc3)ncc2F)n1C1CCOCC1. The summed E-state index contributed by atoms with van der Waals surface area (Å²) in [5.74, 6) is 0.457. The van der Waals surface area contributed by atoms with Crippen LogP contribution in [0.5, 0.6) is 0 Å². The molecule has 12 heteroatoms. The number of hydrogen-bond acceptors (Lipinski definition) is 8. The van der Waals surface area contributed by atoms with Gasteiger partial charge >= 0.3 is 0 Å². The predicted molar refractivity (Wildman–Crippen MR) is 128 cm³/mol. The smallest absolute Gasteiger partial charge is 0.243 e. The summed E-state index contributed by atoms with van der Waals surface area (Å²) in [5.41, 5.74) is 1.35. The molecule has 0 atom stereocenters. The fourth-order valence-electron chi connectivity index (χ4n) is 4.51. The standard InChI is InChI=1S/C23H28FN7O3S/c1-16-26-15-21(31(16)18-6-12-34-13-7-18)22-20(24)14-27-23(29-22)28-17-2-4-19(5-3-17)35(32,33)30-10-8-25-9-11-30/h2-5,14-15,18,25H,6-13H2,1H3,(H,27,28,29). The molecule has 0 spiro atoms. The van der Waals surface area contributed by atoms with Crippen LogP contribution < -0.4 is 10.6 Å². The lowest BCUT2D eigenvalue weighted by molar-refractivity contribution is 0.0694. The number of piperazine rings is 1. The predicted octanol–water partition coefficient (Wildman–Crippen LogP) is 2.48. The third-order valence-electron chi connectivity index (χ3n) is 6.35. The summed E-state index contributed by atoms with van der Waals surface area (Å²) in [7, 11) is -3.55. The molecule has 0 unspecified atom stereocenters. The molecule has 0 bridgehead atoms. The minimum atomic E-state index is -3.55. The highest BCUT2D eigenvalue weighted by atomic mass is 32.2. The molecule has 10 nitrogen and oxygen atoms in total. The zero-order chi connectivity index (χ0) is 24.4. The van der Waals surface area contributed by atoms with Crippen LogP contribution in [0.3, 0.4) is 0 Å². The van der Waals surface area contributed by atoms with E-state index < -0.39 is 15.8 Å². The van der Waals surface area contributed by atoms with Crippen LogP contribution in [0, 0.1) is 12.7 Å². The largest absolute Gasteiger partial charge is 0.381 e. The summed E-state index contributed by atoms with van der Waals surface area (Å²) in [4.78, 5) is 13.1. The summed E-state index contributed by atoms with van der Waals surface area (Å²) in [6.07, 6.45) is 4.41. The number of benzene rings is 1. The monoisotopic (exact) mass is 501 g/mol. The van der Waals surface area contributed by atoms with Gasteiger partial charge in [0.25, 0.3) is 0 Å². The molecule has 0 radical (unpaired) electrons. The molecule has 0 saturated carbocycles. The number of aryl methyl sites for hydroxylation is 1. The lowest BCUT2D eigenvalue weighted by Crippen LogP contribution is -2.46. The first-order chi connectivity index (χ1) is 16.9. The molecule has 4 heterocycles. The van der Waals surface area contributed by atoms with Crippen LogP contribution in [0.1, 0.15) is 24.7 Å². The van der Waals surface area contributed by atoms with Crippen molar-refractivity contribution in [2.75, 3.05) is 44.7 Å². The van der Waals surface area contributed by atoms with Gasteiger partial charge in [0.2, 0.25) is 16.0 Å². The van der Waals surface area contributed by atoms with Crippen LogP contribution in [0.4, 0.5) is 16.0 Å². The number of nitrogens with zero attached hydrogens (tertiary/aromatic N) is 5. The van der Waals surface area contributed by atoms with Gasteiger partial charge in [-0.1, -0.05) is 0 Å². The first kappa shape index (κ1) is 23.8. The number of halogens is 1. The van der Waals surface area contributed by atoms with Gasteiger partial charge in [0, 0.05) is 51.1 Å². The molecule has 2 saturated heterocycles. The second-order valence-corrected chi connectivity index (χ2v) is 10.5. The lowest BCUT2D eigenvalue weighted by atomic mass is 10.1. The van der Waals surface area contributed by atoms with Crippen LogP contribution in [0.2, 0.25) is 0 Å². The maximum Gasteiger partial charge on any atom is 0.243 e. The van der Waals surface area contributed by atoms with Crippen molar-refractivity contribution in [3.63, 3.8) is 0 Å². The first-order valence-corrected chi connectivity index (χ1v) is 13.1. The Morgan fingerprint density at radius 1 is 1.09 bits per heavy atom. The molecule has 5 rings (SSSR count). The fraction of sp³-hybridized carbons (Fsp3) is 0.435. The normalized spacial score (nSPS) is 18.0. The van der Waals surface area contributed by atoms with Gasteiger partial charge in [-0.15, -0.1) is 0 Å². The third-order valence-corrected chi connectivity index (χ3v) is 8.26. The molecule has 0 amide bonds. The summed E-state index contributed by atoms with van der Waals surface area (Å²) in [6.45, 7) is 5.36. The molecular weight excluding hydrogens is 473 g/mol. The Morgan fingerprint density at radius 3 is 2.51 bits per heavy atom. The molecule has 2 aliphatic rings. The molecule has 2 fully saturated rings. The fourth-order valence-corrected chi connectivity index (χ4v) is 5.95. The molecule has 0 aliphatic carbocycles. The molecule has 1 aromatic carbocycles. The average Bonchev–Trinajstić information content (AvgIpc) is 3.27. The van der Waals surface area contributed by atoms with E-state index in [0.29, 0.717) is 50.8 Å². The van der Waals surface area contributed by atoms with E-state index in [0.717, 1.165) is 24.9 Å². The Hall–Kier alpha value is -2.93. The maximum atomic E-state index is 14.8. The first-order valence-electron chi connectivity index (χ1n) is 11.7. The Labute approximate surface area is 203 Å². The van der Waals surface area contributed by atoms with E-state index in [4.69, 9.17) is 4.74 Å². The molecule has 2 aromatic heterocycles. The van der Waals surface area contributed by atoms with Gasteiger partial charge in [-0.2, -0.15) is 4.31 Å². The zero-order valence-corrected chi connectivity index (χ0v) is 20.3. The van der Waals surface area contributed by atoms with E-state index in [1.165, 1.54) is 4.31 Å². The number of rotatable bonds is 6. The zero-order valence-electron chi connectivity index (χ0n) is 19.4. The van der Waals surface area contributed by atoms with E-state index in [2.05, 4.69) is 25.6 Å². The van der Waals surface area contributed by atoms with E-state index in [9.17, 15) is 12.8 Å². The second-order valence-electron chi connectivity index (χ2n) is 8.60. The summed E-state index contributed by atoms with van der Waals surface area (Å²) in [5, 5.41) is 6.20. The number of imidazole rings is 1.